The van der Waals surface area contributed by atoms with Crippen LogP contribution in [0, 0.1) is 17.8 Å². The van der Waals surface area contributed by atoms with Crippen LogP contribution >= 0.6 is 23.2 Å². The zero-order chi connectivity index (χ0) is 11.3. The largest absolute Gasteiger partial charge is 0.481 e. The number of aliphatic carboxylic acids is 1. The molecule has 2 nitrogen and oxygen atoms in total. The number of carbonyl (C=O) groups is 1. The van der Waals surface area contributed by atoms with E-state index < -0.39 is 11.9 Å². The second kappa shape index (κ2) is 6.10. The van der Waals surface area contributed by atoms with Gasteiger partial charge in [-0.25, -0.2) is 0 Å². The predicted octanol–water partition coefficient (Wildman–Crippen LogP) is 3.46. The highest BCUT2D eigenvalue weighted by molar-refractivity contribution is 6.55. The zero-order valence-electron chi connectivity index (χ0n) is 8.21. The van der Waals surface area contributed by atoms with Gasteiger partial charge in [-0.05, 0) is 12.0 Å². The Morgan fingerprint density at radius 1 is 1.43 bits per heavy atom. The molecule has 0 aliphatic heterocycles. The molecule has 0 aromatic rings. The van der Waals surface area contributed by atoms with Gasteiger partial charge in [0.1, 0.15) is 4.49 Å². The lowest BCUT2D eigenvalue weighted by Gasteiger charge is -2.21. The standard InChI is InChI=1S/C10H14Cl2O2/c1-4-7(5-8(11)12)9(6(2)3)10(13)14/h4-7,9H,1H2,2-3H3,(H,13,14). The molecule has 0 spiro atoms. The molecule has 0 fully saturated rings. The Morgan fingerprint density at radius 2 is 1.93 bits per heavy atom. The molecule has 80 valence electrons. The first-order chi connectivity index (χ1) is 6.40. The third-order valence-electron chi connectivity index (χ3n) is 2.01. The van der Waals surface area contributed by atoms with Gasteiger partial charge in [0.05, 0.1) is 5.92 Å². The van der Waals surface area contributed by atoms with Crippen molar-refractivity contribution in [1.82, 2.24) is 0 Å². The monoisotopic (exact) mass is 236 g/mol. The smallest absolute Gasteiger partial charge is 0.307 e. The second-order valence-corrected chi connectivity index (χ2v) is 4.39. The van der Waals surface area contributed by atoms with Crippen molar-refractivity contribution in [3.8, 4) is 0 Å². The maximum atomic E-state index is 11.0. The highest BCUT2D eigenvalue weighted by atomic mass is 35.5. The molecule has 14 heavy (non-hydrogen) atoms. The van der Waals surface area contributed by atoms with Crippen LogP contribution in [0.4, 0.5) is 0 Å². The Kier molecular flexibility index (Phi) is 5.89. The lowest BCUT2D eigenvalue weighted by atomic mass is 9.83. The molecule has 0 saturated heterocycles. The van der Waals surface area contributed by atoms with E-state index in [0.29, 0.717) is 0 Å². The fourth-order valence-corrected chi connectivity index (χ4v) is 1.65. The van der Waals surface area contributed by atoms with Crippen LogP contribution in [0.3, 0.4) is 0 Å². The van der Waals surface area contributed by atoms with Crippen LogP contribution in [-0.4, -0.2) is 11.1 Å². The van der Waals surface area contributed by atoms with Crippen molar-refractivity contribution in [2.24, 2.45) is 17.8 Å². The quantitative estimate of drug-likeness (QED) is 0.743. The summed E-state index contributed by atoms with van der Waals surface area (Å²) in [7, 11) is 0. The van der Waals surface area contributed by atoms with Gasteiger partial charge in [0.25, 0.3) is 0 Å². The number of halogens is 2. The van der Waals surface area contributed by atoms with Gasteiger partial charge in [-0.1, -0.05) is 43.1 Å². The van der Waals surface area contributed by atoms with E-state index in [0.717, 1.165) is 0 Å². The van der Waals surface area contributed by atoms with E-state index in [9.17, 15) is 4.79 Å². The fraction of sp³-hybridized carbons (Fsp3) is 0.500. The number of rotatable bonds is 5. The van der Waals surface area contributed by atoms with Gasteiger partial charge >= 0.3 is 5.97 Å². The SMILES string of the molecule is C=CC(C=C(Cl)Cl)C(C(=O)O)C(C)C. The van der Waals surface area contributed by atoms with Crippen molar-refractivity contribution in [1.29, 1.82) is 0 Å². The van der Waals surface area contributed by atoms with E-state index in [1.165, 1.54) is 6.08 Å². The molecule has 0 rings (SSSR count). The van der Waals surface area contributed by atoms with Gasteiger partial charge in [0.15, 0.2) is 0 Å². The molecule has 2 unspecified atom stereocenters. The maximum absolute atomic E-state index is 11.0. The molecule has 4 heteroatoms. The number of allylic oxidation sites excluding steroid dienone is 2. The molecule has 2 atom stereocenters. The van der Waals surface area contributed by atoms with Gasteiger partial charge in [-0.3, -0.25) is 4.79 Å². The molecule has 0 aliphatic carbocycles. The second-order valence-electron chi connectivity index (χ2n) is 3.38. The molecule has 0 aromatic carbocycles. The van der Waals surface area contributed by atoms with Crippen LogP contribution in [0.25, 0.3) is 0 Å². The topological polar surface area (TPSA) is 37.3 Å². The van der Waals surface area contributed by atoms with Gasteiger partial charge in [0, 0.05) is 5.92 Å². The van der Waals surface area contributed by atoms with Crippen molar-refractivity contribution in [3.05, 3.63) is 23.2 Å². The molecule has 0 aromatic heterocycles. The summed E-state index contributed by atoms with van der Waals surface area (Å²) in [5, 5.41) is 8.99. The van der Waals surface area contributed by atoms with Gasteiger partial charge in [-0.15, -0.1) is 6.58 Å². The van der Waals surface area contributed by atoms with E-state index >= 15 is 0 Å². The van der Waals surface area contributed by atoms with Crippen LogP contribution in [0.1, 0.15) is 13.8 Å². The summed E-state index contributed by atoms with van der Waals surface area (Å²) in [4.78, 5) is 11.0. The van der Waals surface area contributed by atoms with Crippen LogP contribution in [-0.2, 0) is 4.79 Å². The average molecular weight is 237 g/mol. The molecule has 0 bridgehead atoms. The van der Waals surface area contributed by atoms with E-state index in [4.69, 9.17) is 28.3 Å². The molecule has 0 aliphatic rings. The highest BCUT2D eigenvalue weighted by Crippen LogP contribution is 2.26. The van der Waals surface area contributed by atoms with E-state index in [2.05, 4.69) is 6.58 Å². The summed E-state index contributed by atoms with van der Waals surface area (Å²) in [6, 6.07) is 0. The molecule has 0 amide bonds. The fourth-order valence-electron chi connectivity index (χ4n) is 1.36. The summed E-state index contributed by atoms with van der Waals surface area (Å²) < 4.78 is 0.0711. The minimum absolute atomic E-state index is 0.000525. The first kappa shape index (κ1) is 13.5. The molecule has 0 heterocycles. The highest BCUT2D eigenvalue weighted by Gasteiger charge is 2.27. The minimum atomic E-state index is -0.865. The van der Waals surface area contributed by atoms with Crippen molar-refractivity contribution in [2.75, 3.05) is 0 Å². The first-order valence-electron chi connectivity index (χ1n) is 4.28. The zero-order valence-corrected chi connectivity index (χ0v) is 9.72. The van der Waals surface area contributed by atoms with Crippen LogP contribution in [0.15, 0.2) is 23.2 Å². The maximum Gasteiger partial charge on any atom is 0.307 e. The van der Waals surface area contributed by atoms with Crippen molar-refractivity contribution < 1.29 is 9.90 Å². The Labute approximate surface area is 94.2 Å². The lowest BCUT2D eigenvalue weighted by molar-refractivity contribution is -0.144. The van der Waals surface area contributed by atoms with Gasteiger partial charge in [0.2, 0.25) is 0 Å². The minimum Gasteiger partial charge on any atom is -0.481 e. The number of hydrogen-bond donors (Lipinski definition) is 1. The van der Waals surface area contributed by atoms with Crippen molar-refractivity contribution >= 4 is 29.2 Å². The van der Waals surface area contributed by atoms with Gasteiger partial charge in [-0.2, -0.15) is 0 Å². The van der Waals surface area contributed by atoms with Gasteiger partial charge < -0.3 is 5.11 Å². The third-order valence-corrected chi connectivity index (χ3v) is 2.26. The Hall–Kier alpha value is -0.470. The van der Waals surface area contributed by atoms with E-state index in [1.54, 1.807) is 6.08 Å². The number of carboxylic acid groups (broad SMARTS) is 1. The lowest BCUT2D eigenvalue weighted by Crippen LogP contribution is -2.26. The normalized spacial score (nSPS) is 14.6. The molecule has 0 saturated carbocycles. The summed E-state index contributed by atoms with van der Waals surface area (Å²) in [6.45, 7) is 7.25. The Bertz CT molecular complexity index is 243. The summed E-state index contributed by atoms with van der Waals surface area (Å²) >= 11 is 11.0. The van der Waals surface area contributed by atoms with Crippen LogP contribution < -0.4 is 0 Å². The first-order valence-corrected chi connectivity index (χ1v) is 5.04. The Balaban J connectivity index is 4.86. The van der Waals surface area contributed by atoms with E-state index in [1.807, 2.05) is 13.8 Å². The summed E-state index contributed by atoms with van der Waals surface area (Å²) in [6.07, 6.45) is 3.04. The number of hydrogen-bond acceptors (Lipinski definition) is 1. The van der Waals surface area contributed by atoms with Crippen molar-refractivity contribution in [3.63, 3.8) is 0 Å². The predicted molar refractivity (Wildman–Crippen MR) is 59.4 cm³/mol. The molecular formula is C10H14Cl2O2. The molecule has 0 radical (unpaired) electrons. The number of carboxylic acids is 1. The molecular weight excluding hydrogens is 223 g/mol. The summed E-state index contributed by atoms with van der Waals surface area (Å²) in [5.41, 5.74) is 0. The summed E-state index contributed by atoms with van der Waals surface area (Å²) in [5.74, 6) is -1.74. The van der Waals surface area contributed by atoms with Crippen LogP contribution in [0.5, 0.6) is 0 Å². The van der Waals surface area contributed by atoms with E-state index in [-0.39, 0.29) is 16.3 Å². The third kappa shape index (κ3) is 4.16. The van der Waals surface area contributed by atoms with Crippen LogP contribution in [0.2, 0.25) is 0 Å². The average Bonchev–Trinajstić information content (AvgIpc) is 2.00. The Morgan fingerprint density at radius 3 is 2.14 bits per heavy atom. The molecule has 1 N–H and O–H groups in total. The van der Waals surface area contributed by atoms with Crippen molar-refractivity contribution in [2.45, 2.75) is 13.8 Å².